The molecule has 0 spiro atoms. The number of hydrogen-bond donors (Lipinski definition) is 1. The number of ether oxygens (including phenoxy) is 1. The molecule has 1 heterocycles. The molecule has 0 saturated carbocycles. The van der Waals surface area contributed by atoms with Gasteiger partial charge in [0.25, 0.3) is 0 Å². The number of methoxy groups -OCH3 is 1. The normalized spacial score (nSPS) is 17.2. The van der Waals surface area contributed by atoms with E-state index in [1.807, 2.05) is 0 Å². The molecule has 1 aliphatic rings. The summed E-state index contributed by atoms with van der Waals surface area (Å²) in [4.78, 5) is 11.8. The van der Waals surface area contributed by atoms with Crippen LogP contribution in [0.4, 0.5) is 5.69 Å². The molecule has 2 rings (SSSR count). The number of hydrogen-bond acceptors (Lipinski definition) is 7. The summed E-state index contributed by atoms with van der Waals surface area (Å²) in [7, 11) is -2.74. The van der Waals surface area contributed by atoms with Gasteiger partial charge >= 0.3 is 5.97 Å². The molecule has 1 saturated heterocycles. The van der Waals surface area contributed by atoms with Gasteiger partial charge < -0.3 is 10.1 Å². The minimum Gasteiger partial charge on any atom is -0.468 e. The number of nitrogens with one attached hydrogen (secondary N) is 1. The molecule has 0 aliphatic carbocycles. The third kappa shape index (κ3) is 3.79. The molecule has 1 unspecified atom stereocenters. The van der Waals surface area contributed by atoms with Crippen LogP contribution in [-0.2, 0) is 19.6 Å². The molecule has 8 nitrogen and oxygen atoms in total. The molecule has 1 aliphatic heterocycles. The van der Waals surface area contributed by atoms with Crippen molar-refractivity contribution < 1.29 is 17.9 Å². The maximum absolute atomic E-state index is 13.0. The van der Waals surface area contributed by atoms with Crippen LogP contribution in [0.2, 0.25) is 0 Å². The number of nitriles is 2. The molecule has 0 radical (unpaired) electrons. The van der Waals surface area contributed by atoms with Gasteiger partial charge in [-0.3, -0.25) is 4.79 Å². The smallest absolute Gasteiger partial charge is 0.324 e. The Kier molecular flexibility index (Phi) is 5.75. The van der Waals surface area contributed by atoms with E-state index in [1.54, 1.807) is 24.3 Å². The first kappa shape index (κ1) is 18.5. The molecular formula is C16H16N4O4S. The second-order valence-electron chi connectivity index (χ2n) is 5.22. The molecule has 0 bridgehead atoms. The van der Waals surface area contributed by atoms with E-state index in [2.05, 4.69) is 5.32 Å². The number of rotatable bonds is 5. The van der Waals surface area contributed by atoms with Crippen LogP contribution in [0.1, 0.15) is 12.8 Å². The van der Waals surface area contributed by atoms with Crippen LogP contribution in [0, 0.1) is 22.7 Å². The Morgan fingerprint density at radius 3 is 2.68 bits per heavy atom. The van der Waals surface area contributed by atoms with Gasteiger partial charge in [-0.1, -0.05) is 12.1 Å². The third-order valence-electron chi connectivity index (χ3n) is 3.76. The Balaban J connectivity index is 2.41. The zero-order valence-corrected chi connectivity index (χ0v) is 14.3. The first-order valence-electron chi connectivity index (χ1n) is 7.41. The minimum absolute atomic E-state index is 0.0442. The van der Waals surface area contributed by atoms with Gasteiger partial charge in [-0.05, 0) is 25.0 Å². The van der Waals surface area contributed by atoms with Crippen molar-refractivity contribution >= 4 is 21.7 Å². The number of esters is 1. The van der Waals surface area contributed by atoms with Crippen LogP contribution < -0.4 is 5.32 Å². The lowest BCUT2D eigenvalue weighted by atomic mass is 10.2. The number of benzene rings is 1. The number of carbonyl (C=O) groups is 1. The third-order valence-corrected chi connectivity index (χ3v) is 5.73. The highest BCUT2D eigenvalue weighted by Gasteiger charge is 2.40. The fourth-order valence-electron chi connectivity index (χ4n) is 2.58. The zero-order valence-electron chi connectivity index (χ0n) is 13.5. The fraction of sp³-hybridized carbons (Fsp3) is 0.312. The Morgan fingerprint density at radius 1 is 1.36 bits per heavy atom. The van der Waals surface area contributed by atoms with Gasteiger partial charge in [0.1, 0.15) is 28.6 Å². The van der Waals surface area contributed by atoms with E-state index in [0.717, 1.165) is 10.5 Å². The predicted octanol–water partition coefficient (Wildman–Crippen LogP) is 1.36. The fourth-order valence-corrected chi connectivity index (χ4v) is 4.38. The van der Waals surface area contributed by atoms with E-state index in [4.69, 9.17) is 15.3 Å². The molecule has 130 valence electrons. The number of allylic oxidation sites excluding steroid dienone is 1. The van der Waals surface area contributed by atoms with Gasteiger partial charge in [0.2, 0.25) is 10.0 Å². The quantitative estimate of drug-likeness (QED) is 0.621. The second-order valence-corrected chi connectivity index (χ2v) is 7.08. The van der Waals surface area contributed by atoms with Crippen LogP contribution in [0.15, 0.2) is 40.9 Å². The topological polar surface area (TPSA) is 123 Å². The SMILES string of the molecule is COC(=O)C1CCCN1S(=O)(=O)c1ccccc1NC=C(C#N)C#N. The average molecular weight is 360 g/mol. The summed E-state index contributed by atoms with van der Waals surface area (Å²) in [5, 5.41) is 20.2. The Labute approximate surface area is 146 Å². The summed E-state index contributed by atoms with van der Waals surface area (Å²) < 4.78 is 31.8. The van der Waals surface area contributed by atoms with Gasteiger partial charge in [-0.2, -0.15) is 14.8 Å². The summed E-state index contributed by atoms with van der Waals surface area (Å²) in [5.74, 6) is -0.595. The minimum atomic E-state index is -3.96. The first-order valence-corrected chi connectivity index (χ1v) is 8.85. The molecule has 1 fully saturated rings. The highest BCUT2D eigenvalue weighted by atomic mass is 32.2. The van der Waals surface area contributed by atoms with Crippen molar-refractivity contribution in [2.75, 3.05) is 19.0 Å². The number of carbonyl (C=O) groups excluding carboxylic acids is 1. The van der Waals surface area contributed by atoms with Crippen molar-refractivity contribution in [1.82, 2.24) is 4.31 Å². The standard InChI is InChI=1S/C16H16N4O4S/c1-24-16(21)14-6-4-8-20(14)25(22,23)15-7-3-2-5-13(15)19-11-12(9-17)10-18/h2-3,5,7,11,14,19H,4,6,8H2,1H3. The van der Waals surface area contributed by atoms with Crippen molar-refractivity contribution in [3.8, 4) is 12.1 Å². The van der Waals surface area contributed by atoms with Crippen LogP contribution >= 0.6 is 0 Å². The van der Waals surface area contributed by atoms with E-state index in [0.29, 0.717) is 12.8 Å². The number of nitrogens with zero attached hydrogens (tertiary/aromatic N) is 3. The highest BCUT2D eigenvalue weighted by molar-refractivity contribution is 7.89. The van der Waals surface area contributed by atoms with Gasteiger partial charge in [0, 0.05) is 12.7 Å². The molecule has 1 atom stereocenters. The molecule has 0 aromatic heterocycles. The van der Waals surface area contributed by atoms with Crippen LogP contribution in [0.5, 0.6) is 0 Å². The van der Waals surface area contributed by atoms with Crippen molar-refractivity contribution in [3.63, 3.8) is 0 Å². The predicted molar refractivity (Wildman–Crippen MR) is 88.3 cm³/mol. The van der Waals surface area contributed by atoms with Gasteiger partial charge in [0.15, 0.2) is 0 Å². The molecule has 1 aromatic carbocycles. The Morgan fingerprint density at radius 2 is 2.04 bits per heavy atom. The maximum atomic E-state index is 13.0. The number of para-hydroxylation sites is 1. The lowest BCUT2D eigenvalue weighted by Crippen LogP contribution is -2.41. The Bertz CT molecular complexity index is 864. The molecule has 0 amide bonds. The van der Waals surface area contributed by atoms with E-state index in [-0.39, 0.29) is 22.7 Å². The molecule has 9 heteroatoms. The van der Waals surface area contributed by atoms with Crippen LogP contribution in [-0.4, -0.2) is 38.4 Å². The van der Waals surface area contributed by atoms with E-state index in [1.165, 1.54) is 19.2 Å². The van der Waals surface area contributed by atoms with Crippen molar-refractivity contribution in [1.29, 1.82) is 10.5 Å². The number of anilines is 1. The first-order chi connectivity index (χ1) is 12.0. The lowest BCUT2D eigenvalue weighted by Gasteiger charge is -2.23. The maximum Gasteiger partial charge on any atom is 0.324 e. The lowest BCUT2D eigenvalue weighted by molar-refractivity contribution is -0.144. The molecule has 1 aromatic rings. The van der Waals surface area contributed by atoms with Gasteiger partial charge in [0.05, 0.1) is 12.8 Å². The monoisotopic (exact) mass is 360 g/mol. The van der Waals surface area contributed by atoms with Crippen LogP contribution in [0.3, 0.4) is 0 Å². The average Bonchev–Trinajstić information content (AvgIpc) is 3.13. The summed E-state index contributed by atoms with van der Waals surface area (Å²) in [5.41, 5.74) is 0.0156. The summed E-state index contributed by atoms with van der Waals surface area (Å²) >= 11 is 0. The van der Waals surface area contributed by atoms with Gasteiger partial charge in [-0.15, -0.1) is 0 Å². The molecular weight excluding hydrogens is 344 g/mol. The van der Waals surface area contributed by atoms with E-state index in [9.17, 15) is 13.2 Å². The van der Waals surface area contributed by atoms with Crippen molar-refractivity contribution in [2.45, 2.75) is 23.8 Å². The summed E-state index contributed by atoms with van der Waals surface area (Å²) in [6.07, 6.45) is 2.09. The second kappa shape index (κ2) is 7.79. The molecule has 25 heavy (non-hydrogen) atoms. The summed E-state index contributed by atoms with van der Waals surface area (Å²) in [6.45, 7) is 0.216. The number of sulfonamides is 1. The zero-order chi connectivity index (χ0) is 18.4. The van der Waals surface area contributed by atoms with E-state index >= 15 is 0 Å². The van der Waals surface area contributed by atoms with Crippen LogP contribution in [0.25, 0.3) is 0 Å². The van der Waals surface area contributed by atoms with Crippen molar-refractivity contribution in [3.05, 3.63) is 36.0 Å². The molecule has 1 N–H and O–H groups in total. The van der Waals surface area contributed by atoms with Crippen molar-refractivity contribution in [2.24, 2.45) is 0 Å². The summed E-state index contributed by atoms with van der Waals surface area (Å²) in [6, 6.07) is 8.60. The Hall–Kier alpha value is -2.88. The van der Waals surface area contributed by atoms with Gasteiger partial charge in [-0.25, -0.2) is 8.42 Å². The largest absolute Gasteiger partial charge is 0.468 e. The van der Waals surface area contributed by atoms with E-state index < -0.39 is 22.0 Å². The highest BCUT2D eigenvalue weighted by Crippen LogP contribution is 2.30.